The second kappa shape index (κ2) is 7.09. The van der Waals surface area contributed by atoms with Gasteiger partial charge in [0.2, 0.25) is 0 Å². The predicted molar refractivity (Wildman–Crippen MR) is 78.1 cm³/mol. The van der Waals surface area contributed by atoms with Gasteiger partial charge < -0.3 is 9.84 Å². The predicted octanol–water partition coefficient (Wildman–Crippen LogP) is 2.91. The van der Waals surface area contributed by atoms with Crippen LogP contribution in [0.3, 0.4) is 0 Å². The summed E-state index contributed by atoms with van der Waals surface area (Å²) in [5.41, 5.74) is 1.33. The monoisotopic (exact) mass is 285 g/mol. The molecule has 0 atom stereocenters. The molecule has 2 aromatic carbocycles. The SMILES string of the molecule is O=C(O)CN(C(=O)OCc1ccccc1)c1ccccc1. The van der Waals surface area contributed by atoms with Gasteiger partial charge in [-0.25, -0.2) is 4.79 Å². The summed E-state index contributed by atoms with van der Waals surface area (Å²) in [6.45, 7) is -0.347. The Hall–Kier alpha value is -2.82. The van der Waals surface area contributed by atoms with Gasteiger partial charge in [-0.2, -0.15) is 0 Å². The molecule has 0 radical (unpaired) electrons. The summed E-state index contributed by atoms with van der Waals surface area (Å²) in [5.74, 6) is -1.10. The van der Waals surface area contributed by atoms with E-state index in [9.17, 15) is 9.59 Å². The maximum Gasteiger partial charge on any atom is 0.415 e. The number of carboxylic acids is 1. The van der Waals surface area contributed by atoms with Crippen LogP contribution in [-0.4, -0.2) is 23.7 Å². The Morgan fingerprint density at radius 2 is 1.52 bits per heavy atom. The van der Waals surface area contributed by atoms with Crippen LogP contribution in [0.4, 0.5) is 10.5 Å². The molecule has 0 aliphatic rings. The quantitative estimate of drug-likeness (QED) is 0.917. The summed E-state index contributed by atoms with van der Waals surface area (Å²) in [5, 5.41) is 8.93. The van der Waals surface area contributed by atoms with E-state index in [-0.39, 0.29) is 6.61 Å². The van der Waals surface area contributed by atoms with Crippen LogP contribution in [0, 0.1) is 0 Å². The lowest BCUT2D eigenvalue weighted by atomic mass is 10.2. The summed E-state index contributed by atoms with van der Waals surface area (Å²) in [7, 11) is 0. The first-order valence-electron chi connectivity index (χ1n) is 6.42. The molecular weight excluding hydrogens is 270 g/mol. The average Bonchev–Trinajstić information content (AvgIpc) is 2.52. The zero-order chi connectivity index (χ0) is 15.1. The van der Waals surface area contributed by atoms with Crippen molar-refractivity contribution in [3.05, 3.63) is 66.2 Å². The number of ether oxygens (including phenoxy) is 1. The molecule has 0 saturated carbocycles. The highest BCUT2D eigenvalue weighted by Crippen LogP contribution is 2.15. The Kier molecular flexibility index (Phi) is 4.93. The molecular formula is C16H15NO4. The number of carbonyl (C=O) groups excluding carboxylic acids is 1. The Morgan fingerprint density at radius 1 is 0.952 bits per heavy atom. The number of rotatable bonds is 5. The molecule has 0 unspecified atom stereocenters. The Labute approximate surface area is 122 Å². The Morgan fingerprint density at radius 3 is 2.10 bits per heavy atom. The zero-order valence-electron chi connectivity index (χ0n) is 11.3. The van der Waals surface area contributed by atoms with Gasteiger partial charge in [0.1, 0.15) is 13.2 Å². The molecule has 0 aliphatic heterocycles. The molecule has 2 aromatic rings. The number of carbonyl (C=O) groups is 2. The van der Waals surface area contributed by atoms with Crippen LogP contribution in [0.25, 0.3) is 0 Å². The summed E-state index contributed by atoms with van der Waals surface area (Å²) < 4.78 is 5.17. The van der Waals surface area contributed by atoms with Crippen molar-refractivity contribution in [2.24, 2.45) is 0 Å². The van der Waals surface area contributed by atoms with Crippen LogP contribution < -0.4 is 4.90 Å². The zero-order valence-corrected chi connectivity index (χ0v) is 11.3. The molecule has 108 valence electrons. The minimum atomic E-state index is -1.10. The van der Waals surface area contributed by atoms with Gasteiger partial charge in [0.15, 0.2) is 0 Å². The minimum Gasteiger partial charge on any atom is -0.480 e. The van der Waals surface area contributed by atoms with E-state index in [1.165, 1.54) is 0 Å². The molecule has 0 spiro atoms. The third-order valence-electron chi connectivity index (χ3n) is 2.79. The molecule has 5 heteroatoms. The molecule has 21 heavy (non-hydrogen) atoms. The summed E-state index contributed by atoms with van der Waals surface area (Å²) >= 11 is 0. The molecule has 2 rings (SSSR count). The van der Waals surface area contributed by atoms with E-state index >= 15 is 0 Å². The minimum absolute atomic E-state index is 0.0998. The van der Waals surface area contributed by atoms with Crippen molar-refractivity contribution < 1.29 is 19.4 Å². The van der Waals surface area contributed by atoms with Crippen molar-refractivity contribution in [3.63, 3.8) is 0 Å². The first-order chi connectivity index (χ1) is 10.2. The topological polar surface area (TPSA) is 66.8 Å². The van der Waals surface area contributed by atoms with Gasteiger partial charge in [-0.05, 0) is 17.7 Å². The molecule has 0 aliphatic carbocycles. The standard InChI is InChI=1S/C16H15NO4/c18-15(19)11-17(14-9-5-2-6-10-14)16(20)21-12-13-7-3-1-4-8-13/h1-10H,11-12H2,(H,18,19). The Balaban J connectivity index is 2.06. The van der Waals surface area contributed by atoms with Gasteiger partial charge in [0, 0.05) is 5.69 Å². The van der Waals surface area contributed by atoms with Crippen LogP contribution in [-0.2, 0) is 16.1 Å². The highest BCUT2D eigenvalue weighted by atomic mass is 16.6. The van der Waals surface area contributed by atoms with Crippen molar-refractivity contribution in [1.29, 1.82) is 0 Å². The molecule has 0 bridgehead atoms. The fourth-order valence-corrected chi connectivity index (χ4v) is 1.80. The van der Waals surface area contributed by atoms with Crippen LogP contribution in [0.1, 0.15) is 5.56 Å². The Bertz CT molecular complexity index is 598. The van der Waals surface area contributed by atoms with Gasteiger partial charge in [0.25, 0.3) is 0 Å². The maximum atomic E-state index is 12.1. The van der Waals surface area contributed by atoms with Crippen LogP contribution >= 0.6 is 0 Å². The van der Waals surface area contributed by atoms with Gasteiger partial charge in [0.05, 0.1) is 0 Å². The third-order valence-corrected chi connectivity index (χ3v) is 2.79. The largest absolute Gasteiger partial charge is 0.480 e. The molecule has 1 N–H and O–H groups in total. The average molecular weight is 285 g/mol. The summed E-state index contributed by atoms with van der Waals surface area (Å²) in [4.78, 5) is 24.1. The first-order valence-corrected chi connectivity index (χ1v) is 6.42. The number of anilines is 1. The highest BCUT2D eigenvalue weighted by Gasteiger charge is 2.20. The van der Waals surface area contributed by atoms with Crippen LogP contribution in [0.2, 0.25) is 0 Å². The van der Waals surface area contributed by atoms with E-state index < -0.39 is 18.6 Å². The smallest absolute Gasteiger partial charge is 0.415 e. The van der Waals surface area contributed by atoms with Crippen molar-refractivity contribution in [2.75, 3.05) is 11.4 Å². The second-order valence-corrected chi connectivity index (χ2v) is 4.36. The number of benzene rings is 2. The number of aliphatic carboxylic acids is 1. The van der Waals surface area contributed by atoms with E-state index in [0.29, 0.717) is 5.69 Å². The second-order valence-electron chi connectivity index (χ2n) is 4.36. The molecule has 0 fully saturated rings. The maximum absolute atomic E-state index is 12.1. The van der Waals surface area contributed by atoms with Gasteiger partial charge >= 0.3 is 12.1 Å². The highest BCUT2D eigenvalue weighted by molar-refractivity contribution is 5.92. The number of carboxylic acid groups (broad SMARTS) is 1. The number of nitrogens with zero attached hydrogens (tertiary/aromatic N) is 1. The molecule has 0 aromatic heterocycles. The normalized spacial score (nSPS) is 9.90. The fraction of sp³-hybridized carbons (Fsp3) is 0.125. The number of para-hydroxylation sites is 1. The third kappa shape index (κ3) is 4.35. The lowest BCUT2D eigenvalue weighted by Gasteiger charge is -2.20. The van der Waals surface area contributed by atoms with Gasteiger partial charge in [-0.15, -0.1) is 0 Å². The summed E-state index contributed by atoms with van der Waals surface area (Å²) in [6.07, 6.45) is -0.688. The fourth-order valence-electron chi connectivity index (χ4n) is 1.80. The molecule has 0 saturated heterocycles. The van der Waals surface area contributed by atoms with E-state index in [4.69, 9.17) is 9.84 Å². The number of amides is 1. The molecule has 5 nitrogen and oxygen atoms in total. The first kappa shape index (κ1) is 14.6. The molecule has 0 heterocycles. The van der Waals surface area contributed by atoms with Crippen LogP contribution in [0.15, 0.2) is 60.7 Å². The lowest BCUT2D eigenvalue weighted by Crippen LogP contribution is -2.36. The lowest BCUT2D eigenvalue weighted by molar-refractivity contribution is -0.135. The van der Waals surface area contributed by atoms with E-state index in [1.54, 1.807) is 30.3 Å². The number of hydrogen-bond acceptors (Lipinski definition) is 3. The molecule has 1 amide bonds. The van der Waals surface area contributed by atoms with Gasteiger partial charge in [-0.3, -0.25) is 9.69 Å². The van der Waals surface area contributed by atoms with E-state index in [0.717, 1.165) is 10.5 Å². The van der Waals surface area contributed by atoms with E-state index in [1.807, 2.05) is 30.3 Å². The van der Waals surface area contributed by atoms with E-state index in [2.05, 4.69) is 0 Å². The van der Waals surface area contributed by atoms with Crippen molar-refractivity contribution in [3.8, 4) is 0 Å². The van der Waals surface area contributed by atoms with Crippen molar-refractivity contribution in [1.82, 2.24) is 0 Å². The number of hydrogen-bond donors (Lipinski definition) is 1. The summed E-state index contributed by atoms with van der Waals surface area (Å²) in [6, 6.07) is 17.8. The van der Waals surface area contributed by atoms with Gasteiger partial charge in [-0.1, -0.05) is 48.5 Å². The van der Waals surface area contributed by atoms with Crippen molar-refractivity contribution in [2.45, 2.75) is 6.61 Å². The van der Waals surface area contributed by atoms with Crippen LogP contribution in [0.5, 0.6) is 0 Å². The van der Waals surface area contributed by atoms with Crippen molar-refractivity contribution >= 4 is 17.7 Å².